The van der Waals surface area contributed by atoms with Crippen LogP contribution in [0.25, 0.3) is 0 Å². The highest BCUT2D eigenvalue weighted by Gasteiger charge is 2.46. The molecular formula is C78H98N12O3. The van der Waals surface area contributed by atoms with Crippen LogP contribution in [0.2, 0.25) is 0 Å². The SMILES string of the molecule is c1cnc2c(c1)CC[C@@H]1CCCN(C[C@H]3Cc4c(cc(C5C[C@@H]6CCCN(C[C@H]7Cc8c(cc(C9C[C@H]%10CCCN(C[C@H]%11Cc%12c(cccc%12N%12CCOCC%12)CN%11)[C@@H]%10c%10ncccc%109)cc8N8CCOCC8)CN7)[C@@H]6c6ncccc65)cc4N4CCOCC4)CN3)[C@@H]21. The summed E-state index contributed by atoms with van der Waals surface area (Å²) < 4.78 is 17.9. The monoisotopic (exact) mass is 1250 g/mol. The van der Waals surface area contributed by atoms with Crippen LogP contribution in [0.5, 0.6) is 0 Å². The summed E-state index contributed by atoms with van der Waals surface area (Å²) in [5.41, 5.74) is 24.8. The Morgan fingerprint density at radius 2 is 0.817 bits per heavy atom. The van der Waals surface area contributed by atoms with Crippen molar-refractivity contribution < 1.29 is 14.2 Å². The van der Waals surface area contributed by atoms with Gasteiger partial charge >= 0.3 is 0 Å². The minimum absolute atomic E-state index is 0.314. The molecule has 15 heteroatoms. The molecule has 6 saturated heterocycles. The van der Waals surface area contributed by atoms with Gasteiger partial charge in [-0.2, -0.15) is 0 Å². The molecule has 2 unspecified atom stereocenters. The molecule has 0 bridgehead atoms. The van der Waals surface area contributed by atoms with Crippen molar-refractivity contribution in [1.82, 2.24) is 45.6 Å². The first kappa shape index (κ1) is 59.6. The summed E-state index contributed by atoms with van der Waals surface area (Å²) >= 11 is 0. The molecule has 6 fully saturated rings. The van der Waals surface area contributed by atoms with Gasteiger partial charge in [0.05, 0.1) is 74.8 Å². The highest BCUT2D eigenvalue weighted by Crippen LogP contribution is 2.54. The Morgan fingerprint density at radius 1 is 0.398 bits per heavy atom. The predicted octanol–water partition coefficient (Wildman–Crippen LogP) is 9.80. The maximum Gasteiger partial charge on any atom is 0.0642 e. The summed E-state index contributed by atoms with van der Waals surface area (Å²) in [6.45, 7) is 19.8. The van der Waals surface area contributed by atoms with Crippen LogP contribution in [0.3, 0.4) is 0 Å². The first-order chi connectivity index (χ1) is 46.1. The molecule has 0 radical (unpaired) electrons. The number of rotatable bonds is 11. The molecule has 0 spiro atoms. The molecule has 12 heterocycles. The van der Waals surface area contributed by atoms with Gasteiger partial charge in [-0.3, -0.25) is 29.7 Å². The number of nitrogens with zero attached hydrogens (tertiary/aromatic N) is 9. The van der Waals surface area contributed by atoms with E-state index in [1.165, 1.54) is 136 Å². The van der Waals surface area contributed by atoms with Crippen LogP contribution < -0.4 is 30.7 Å². The van der Waals surface area contributed by atoms with E-state index >= 15 is 0 Å². The maximum absolute atomic E-state index is 6.07. The second kappa shape index (κ2) is 25.9. The fourth-order valence-corrected chi connectivity index (χ4v) is 20.7. The fourth-order valence-electron chi connectivity index (χ4n) is 20.7. The van der Waals surface area contributed by atoms with Crippen LogP contribution in [0.4, 0.5) is 17.1 Å². The molecule has 93 heavy (non-hydrogen) atoms. The summed E-state index contributed by atoms with van der Waals surface area (Å²) in [6.07, 6.45) is 21.8. The molecule has 3 N–H and O–H groups in total. The molecule has 6 aromatic rings. The second-order valence-electron chi connectivity index (χ2n) is 30.1. The van der Waals surface area contributed by atoms with Gasteiger partial charge in [-0.15, -0.1) is 0 Å². The van der Waals surface area contributed by atoms with Crippen LogP contribution >= 0.6 is 0 Å². The van der Waals surface area contributed by atoms with E-state index in [2.05, 4.69) is 137 Å². The molecule has 3 aromatic heterocycles. The number of morpholine rings is 3. The number of aryl methyl sites for hydroxylation is 1. The summed E-state index contributed by atoms with van der Waals surface area (Å²) in [4.78, 5) is 32.4. The first-order valence-corrected chi connectivity index (χ1v) is 36.7. The number of benzene rings is 3. The topological polar surface area (TPSA) is 122 Å². The van der Waals surface area contributed by atoms with Crippen molar-refractivity contribution in [3.63, 3.8) is 0 Å². The van der Waals surface area contributed by atoms with Crippen molar-refractivity contribution >= 4 is 17.1 Å². The number of likely N-dealkylation sites (tertiary alicyclic amines) is 3. The molecule has 488 valence electrons. The lowest BCUT2D eigenvalue weighted by Gasteiger charge is -2.48. The number of anilines is 3. The lowest BCUT2D eigenvalue weighted by molar-refractivity contribution is 0.0625. The van der Waals surface area contributed by atoms with E-state index in [9.17, 15) is 0 Å². The first-order valence-electron chi connectivity index (χ1n) is 36.7. The number of nitrogens with one attached hydrogen (secondary N) is 3. The van der Waals surface area contributed by atoms with Crippen LogP contribution in [0, 0.1) is 17.8 Å². The summed E-state index contributed by atoms with van der Waals surface area (Å²) in [6, 6.07) is 33.6. The van der Waals surface area contributed by atoms with Gasteiger partial charge in [0.25, 0.3) is 0 Å². The van der Waals surface area contributed by atoms with Gasteiger partial charge in [-0.1, -0.05) is 42.5 Å². The zero-order valence-electron chi connectivity index (χ0n) is 54.9. The van der Waals surface area contributed by atoms with Gasteiger partial charge in [0.15, 0.2) is 0 Å². The third-order valence-electron chi connectivity index (χ3n) is 25.0. The Morgan fingerprint density at radius 3 is 1.32 bits per heavy atom. The molecule has 12 aliphatic rings. The molecule has 3 aliphatic carbocycles. The van der Waals surface area contributed by atoms with E-state index in [0.29, 0.717) is 65.8 Å². The van der Waals surface area contributed by atoms with Crippen molar-refractivity contribution in [1.29, 1.82) is 0 Å². The second-order valence-corrected chi connectivity index (χ2v) is 30.1. The largest absolute Gasteiger partial charge is 0.378 e. The summed E-state index contributed by atoms with van der Waals surface area (Å²) in [5, 5.41) is 12.4. The third kappa shape index (κ3) is 11.4. The Hall–Kier alpha value is -5.85. The number of aromatic nitrogens is 3. The zero-order valence-corrected chi connectivity index (χ0v) is 54.9. The lowest BCUT2D eigenvalue weighted by atomic mass is 9.69. The Bertz CT molecular complexity index is 3680. The van der Waals surface area contributed by atoms with Crippen LogP contribution in [-0.4, -0.2) is 166 Å². The minimum atomic E-state index is 0.314. The van der Waals surface area contributed by atoms with E-state index in [0.717, 1.165) is 163 Å². The molecule has 0 amide bonds. The molecule has 11 atom stereocenters. The van der Waals surface area contributed by atoms with Gasteiger partial charge in [-0.05, 0) is 218 Å². The average Bonchev–Trinajstić information content (AvgIpc) is 0.788. The highest BCUT2D eigenvalue weighted by atomic mass is 16.5. The quantitative estimate of drug-likeness (QED) is 0.114. The van der Waals surface area contributed by atoms with Crippen molar-refractivity contribution in [2.24, 2.45) is 17.8 Å². The normalized spacial score (nSPS) is 30.5. The van der Waals surface area contributed by atoms with E-state index in [1.807, 2.05) is 6.20 Å². The van der Waals surface area contributed by atoms with Crippen molar-refractivity contribution in [2.45, 2.75) is 151 Å². The Kier molecular flexibility index (Phi) is 16.6. The van der Waals surface area contributed by atoms with E-state index < -0.39 is 0 Å². The van der Waals surface area contributed by atoms with Crippen molar-refractivity contribution in [2.75, 3.05) is 133 Å². The van der Waals surface area contributed by atoms with Crippen molar-refractivity contribution in [3.05, 3.63) is 176 Å². The molecule has 15 nitrogen and oxygen atoms in total. The summed E-state index contributed by atoms with van der Waals surface area (Å²) in [5.74, 6) is 2.45. The minimum Gasteiger partial charge on any atom is -0.378 e. The van der Waals surface area contributed by atoms with Crippen LogP contribution in [-0.2, 0) is 59.5 Å². The molecule has 9 aliphatic heterocycles. The smallest absolute Gasteiger partial charge is 0.0642 e. The number of pyridine rings is 3. The van der Waals surface area contributed by atoms with E-state index in [1.54, 1.807) is 16.7 Å². The average molecular weight is 1250 g/mol. The van der Waals surface area contributed by atoms with Gasteiger partial charge < -0.3 is 44.9 Å². The Labute approximate surface area is 551 Å². The zero-order chi connectivity index (χ0) is 61.3. The lowest BCUT2D eigenvalue weighted by Crippen LogP contribution is -2.51. The Balaban J connectivity index is 0.594. The number of hydrogen-bond acceptors (Lipinski definition) is 15. The number of hydrogen-bond donors (Lipinski definition) is 3. The number of ether oxygens (including phenoxy) is 3. The molecule has 18 rings (SSSR count). The van der Waals surface area contributed by atoms with Gasteiger partial charge in [0.2, 0.25) is 0 Å². The molecular weight excluding hydrogens is 1150 g/mol. The van der Waals surface area contributed by atoms with Crippen LogP contribution in [0.15, 0.2) is 97.5 Å². The predicted molar refractivity (Wildman–Crippen MR) is 366 cm³/mol. The maximum atomic E-state index is 6.07. The van der Waals surface area contributed by atoms with E-state index in [-0.39, 0.29) is 0 Å². The van der Waals surface area contributed by atoms with Gasteiger partial charge in [0, 0.05) is 144 Å². The van der Waals surface area contributed by atoms with Gasteiger partial charge in [0.1, 0.15) is 0 Å². The summed E-state index contributed by atoms with van der Waals surface area (Å²) in [7, 11) is 0. The molecule has 0 saturated carbocycles. The number of fused-ring (bicyclic) bond motifs is 12. The highest BCUT2D eigenvalue weighted by molar-refractivity contribution is 5.64. The van der Waals surface area contributed by atoms with Crippen molar-refractivity contribution in [3.8, 4) is 0 Å². The fraction of sp³-hybridized carbons (Fsp3) is 0.577. The third-order valence-corrected chi connectivity index (χ3v) is 25.0. The number of piperidine rings is 3. The molecule has 3 aromatic carbocycles. The standard InChI is InChI=1S/C78H98N12O3/c1-8-55-45-82-60(42-67(55)70(15-1)85-24-30-91-31-25-85)49-89-22-6-11-53-38-65(63-13-3-19-80-74(63)77(53)89)57-37-59-47-84-62(44-69(59)72(41-57)87-28-34-93-35-29-87)50-90-23-7-12-54-39-66(64-14-4-20-81-75(64)78(54)90)56-36-58-46-83-61(43-68(58)71(40-56)86-26-32-92-33-27-86)48-88-21-5-10-52-17-16-51-9-2-18-79-73(51)76(52)88/h1-4,8-9,13-15,18-20,36-37,40-41,52-54,60-62,65-66,76-78,82-84H,5-7,10-12,16-17,21-35,38-39,42-50H2/t52-,53+,54-,60+,61+,62+,65?,66?,76+,77-,78-/m0/s1. The van der Waals surface area contributed by atoms with Gasteiger partial charge in [-0.25, -0.2) is 0 Å². The van der Waals surface area contributed by atoms with E-state index in [4.69, 9.17) is 29.2 Å². The van der Waals surface area contributed by atoms with Crippen LogP contribution in [0.1, 0.15) is 166 Å².